The highest BCUT2D eigenvalue weighted by Crippen LogP contribution is 2.34. The van der Waals surface area contributed by atoms with Gasteiger partial charge < -0.3 is 14.6 Å². The molecule has 100 valence electrons. The van der Waals surface area contributed by atoms with Crippen molar-refractivity contribution in [3.63, 3.8) is 0 Å². The van der Waals surface area contributed by atoms with Gasteiger partial charge in [-0.1, -0.05) is 19.1 Å². The van der Waals surface area contributed by atoms with E-state index >= 15 is 0 Å². The lowest BCUT2D eigenvalue weighted by molar-refractivity contribution is -0.0980. The zero-order chi connectivity index (χ0) is 13.0. The maximum atomic E-state index is 9.55. The Labute approximate surface area is 109 Å². The van der Waals surface area contributed by atoms with E-state index in [9.17, 15) is 5.11 Å². The fourth-order valence-electron chi connectivity index (χ4n) is 2.34. The Balaban J connectivity index is 2.00. The van der Waals surface area contributed by atoms with Gasteiger partial charge in [-0.2, -0.15) is 0 Å². The van der Waals surface area contributed by atoms with Crippen molar-refractivity contribution < 1.29 is 14.6 Å². The third-order valence-electron chi connectivity index (χ3n) is 3.45. The topological polar surface area (TPSA) is 38.7 Å². The van der Waals surface area contributed by atoms with Crippen LogP contribution in [-0.4, -0.2) is 24.6 Å². The van der Waals surface area contributed by atoms with Crippen LogP contribution in [0.1, 0.15) is 43.7 Å². The van der Waals surface area contributed by atoms with Crippen molar-refractivity contribution >= 4 is 0 Å². The number of fused-ring (bicyclic) bond motifs is 1. The normalized spacial score (nSPS) is 20.1. The number of ether oxygens (including phenoxy) is 2. The molecule has 2 unspecified atom stereocenters. The minimum Gasteiger partial charge on any atom is -0.493 e. The largest absolute Gasteiger partial charge is 0.493 e. The highest BCUT2D eigenvalue weighted by atomic mass is 16.6. The van der Waals surface area contributed by atoms with Crippen molar-refractivity contribution in [3.8, 4) is 5.75 Å². The predicted octanol–water partition coefficient (Wildman–Crippen LogP) is 2.86. The molecule has 0 amide bonds. The van der Waals surface area contributed by atoms with E-state index in [4.69, 9.17) is 9.47 Å². The second kappa shape index (κ2) is 6.21. The number of aryl methyl sites for hydroxylation is 1. The van der Waals surface area contributed by atoms with Crippen molar-refractivity contribution in [3.05, 3.63) is 29.3 Å². The SMILES string of the molecule is CCOC(O)CCc1ccc2c(c1)C(C)CCO2. The smallest absolute Gasteiger partial charge is 0.154 e. The average Bonchev–Trinajstić information content (AvgIpc) is 2.37. The van der Waals surface area contributed by atoms with Crippen LogP contribution in [0.25, 0.3) is 0 Å². The lowest BCUT2D eigenvalue weighted by Crippen LogP contribution is -2.14. The number of aliphatic hydroxyl groups is 1. The van der Waals surface area contributed by atoms with E-state index in [0.29, 0.717) is 18.9 Å². The summed E-state index contributed by atoms with van der Waals surface area (Å²) in [5.41, 5.74) is 2.54. The molecule has 0 radical (unpaired) electrons. The molecule has 0 fully saturated rings. The highest BCUT2D eigenvalue weighted by molar-refractivity contribution is 5.40. The molecule has 3 nitrogen and oxygen atoms in total. The Kier molecular flexibility index (Phi) is 4.61. The Bertz CT molecular complexity index is 389. The second-order valence-corrected chi connectivity index (χ2v) is 4.86. The molecule has 0 bridgehead atoms. The van der Waals surface area contributed by atoms with Crippen molar-refractivity contribution in [2.24, 2.45) is 0 Å². The van der Waals surface area contributed by atoms with Gasteiger partial charge in [0.05, 0.1) is 6.61 Å². The summed E-state index contributed by atoms with van der Waals surface area (Å²) in [4.78, 5) is 0. The summed E-state index contributed by atoms with van der Waals surface area (Å²) in [6.45, 7) is 5.49. The fraction of sp³-hybridized carbons (Fsp3) is 0.600. The Hall–Kier alpha value is -1.06. The molecule has 1 aliphatic rings. The summed E-state index contributed by atoms with van der Waals surface area (Å²) in [6.07, 6.45) is 1.90. The summed E-state index contributed by atoms with van der Waals surface area (Å²) < 4.78 is 10.8. The number of aliphatic hydroxyl groups excluding tert-OH is 1. The lowest BCUT2D eigenvalue weighted by Gasteiger charge is -2.23. The third-order valence-corrected chi connectivity index (χ3v) is 3.45. The predicted molar refractivity (Wildman–Crippen MR) is 70.9 cm³/mol. The molecule has 18 heavy (non-hydrogen) atoms. The number of hydrogen-bond donors (Lipinski definition) is 1. The second-order valence-electron chi connectivity index (χ2n) is 4.86. The van der Waals surface area contributed by atoms with Crippen LogP contribution in [0.4, 0.5) is 0 Å². The van der Waals surface area contributed by atoms with Gasteiger partial charge >= 0.3 is 0 Å². The Morgan fingerprint density at radius 3 is 3.11 bits per heavy atom. The van der Waals surface area contributed by atoms with E-state index in [1.807, 2.05) is 13.0 Å². The van der Waals surface area contributed by atoms with Crippen LogP contribution in [0.2, 0.25) is 0 Å². The Morgan fingerprint density at radius 2 is 2.33 bits per heavy atom. The molecule has 2 rings (SSSR count). The van der Waals surface area contributed by atoms with Gasteiger partial charge in [-0.15, -0.1) is 0 Å². The highest BCUT2D eigenvalue weighted by Gasteiger charge is 2.17. The van der Waals surface area contributed by atoms with Crippen LogP contribution in [0.5, 0.6) is 5.75 Å². The number of benzene rings is 1. The van der Waals surface area contributed by atoms with Gasteiger partial charge in [-0.3, -0.25) is 0 Å². The van der Waals surface area contributed by atoms with Crippen LogP contribution in [0, 0.1) is 0 Å². The van der Waals surface area contributed by atoms with Crippen LogP contribution in [0.3, 0.4) is 0 Å². The van der Waals surface area contributed by atoms with Crippen molar-refractivity contribution in [1.82, 2.24) is 0 Å². The molecule has 0 saturated heterocycles. The molecule has 1 N–H and O–H groups in total. The summed E-state index contributed by atoms with van der Waals surface area (Å²) in [6, 6.07) is 6.33. The van der Waals surface area contributed by atoms with Crippen LogP contribution >= 0.6 is 0 Å². The van der Waals surface area contributed by atoms with Gasteiger partial charge in [0.1, 0.15) is 5.75 Å². The number of hydrogen-bond acceptors (Lipinski definition) is 3. The standard InChI is InChI=1S/C15H22O3/c1-3-17-15(16)7-5-12-4-6-14-13(10-12)11(2)8-9-18-14/h4,6,10-11,15-16H,3,5,7-9H2,1-2H3. The van der Waals surface area contributed by atoms with Crippen molar-refractivity contribution in [2.75, 3.05) is 13.2 Å². The minimum absolute atomic E-state index is 0.552. The summed E-state index contributed by atoms with van der Waals surface area (Å²) in [5, 5.41) is 9.55. The molecule has 1 aromatic rings. The van der Waals surface area contributed by atoms with E-state index < -0.39 is 6.29 Å². The Morgan fingerprint density at radius 1 is 1.50 bits per heavy atom. The van der Waals surface area contributed by atoms with E-state index in [1.54, 1.807) is 0 Å². The molecule has 0 aliphatic carbocycles. The van der Waals surface area contributed by atoms with Gasteiger partial charge in [-0.25, -0.2) is 0 Å². The zero-order valence-electron chi connectivity index (χ0n) is 11.2. The van der Waals surface area contributed by atoms with Crippen molar-refractivity contribution in [1.29, 1.82) is 0 Å². The zero-order valence-corrected chi connectivity index (χ0v) is 11.2. The molecule has 1 aromatic carbocycles. The first-order chi connectivity index (χ1) is 8.70. The van der Waals surface area contributed by atoms with Crippen LogP contribution in [0.15, 0.2) is 18.2 Å². The third kappa shape index (κ3) is 3.24. The average molecular weight is 250 g/mol. The van der Waals surface area contributed by atoms with Gasteiger partial charge in [0.25, 0.3) is 0 Å². The van der Waals surface area contributed by atoms with Crippen LogP contribution < -0.4 is 4.74 Å². The van der Waals surface area contributed by atoms with E-state index in [0.717, 1.165) is 25.2 Å². The monoisotopic (exact) mass is 250 g/mol. The maximum absolute atomic E-state index is 9.55. The van der Waals surface area contributed by atoms with Gasteiger partial charge in [0.15, 0.2) is 6.29 Å². The molecule has 1 heterocycles. The quantitative estimate of drug-likeness (QED) is 0.817. The fourth-order valence-corrected chi connectivity index (χ4v) is 2.34. The van der Waals surface area contributed by atoms with Gasteiger partial charge in [-0.05, 0) is 42.9 Å². The summed E-state index contributed by atoms with van der Waals surface area (Å²) in [5.74, 6) is 1.58. The molecule has 0 saturated carbocycles. The molecular weight excluding hydrogens is 228 g/mol. The molecule has 3 heteroatoms. The molecule has 2 atom stereocenters. The van der Waals surface area contributed by atoms with Crippen molar-refractivity contribution in [2.45, 2.75) is 45.3 Å². The molecule has 1 aliphatic heterocycles. The lowest BCUT2D eigenvalue weighted by atomic mass is 9.92. The summed E-state index contributed by atoms with van der Waals surface area (Å²) in [7, 11) is 0. The van der Waals surface area contributed by atoms with Gasteiger partial charge in [0, 0.05) is 13.0 Å². The first kappa shape index (κ1) is 13.4. The minimum atomic E-state index is -0.653. The number of rotatable bonds is 5. The van der Waals surface area contributed by atoms with Crippen LogP contribution in [-0.2, 0) is 11.2 Å². The first-order valence-corrected chi connectivity index (χ1v) is 6.76. The molecular formula is C15H22O3. The van der Waals surface area contributed by atoms with E-state index in [1.165, 1.54) is 11.1 Å². The summed E-state index contributed by atoms with van der Waals surface area (Å²) >= 11 is 0. The van der Waals surface area contributed by atoms with Gasteiger partial charge in [0.2, 0.25) is 0 Å². The van der Waals surface area contributed by atoms with E-state index in [-0.39, 0.29) is 0 Å². The maximum Gasteiger partial charge on any atom is 0.154 e. The van der Waals surface area contributed by atoms with E-state index in [2.05, 4.69) is 19.1 Å². The first-order valence-electron chi connectivity index (χ1n) is 6.76. The molecule has 0 aromatic heterocycles. The molecule has 0 spiro atoms.